The summed E-state index contributed by atoms with van der Waals surface area (Å²) in [5.74, 6) is 0.741. The van der Waals surface area contributed by atoms with Crippen LogP contribution in [0, 0.1) is 10.1 Å². The molecule has 0 saturated carbocycles. The molecule has 0 aliphatic heterocycles. The molecule has 0 atom stereocenters. The first-order chi connectivity index (χ1) is 9.62. The maximum Gasteiger partial charge on any atom is 0.252 e. The standard InChI is InChI=1S/C16H21NO3/c1-4-8-14(16(6-3)17(18)19)12-20-15-10-7-9-13(5-2)11-15/h4,7-11H,5-6,12H2,1-3H3/b8-4-,16-14-. The monoisotopic (exact) mass is 275 g/mol. The van der Waals surface area contributed by atoms with Crippen LogP contribution in [0.15, 0.2) is 47.7 Å². The van der Waals surface area contributed by atoms with Crippen LogP contribution in [-0.2, 0) is 6.42 Å². The molecular formula is C16H21NO3. The van der Waals surface area contributed by atoms with Gasteiger partial charge in [-0.3, -0.25) is 10.1 Å². The highest BCUT2D eigenvalue weighted by Gasteiger charge is 2.14. The number of aryl methyl sites for hydroxylation is 1. The molecule has 0 spiro atoms. The Labute approximate surface area is 119 Å². The first-order valence-corrected chi connectivity index (χ1v) is 6.83. The summed E-state index contributed by atoms with van der Waals surface area (Å²) in [6.07, 6.45) is 4.85. The zero-order valence-corrected chi connectivity index (χ0v) is 12.3. The molecular weight excluding hydrogens is 254 g/mol. The largest absolute Gasteiger partial charge is 0.489 e. The molecule has 20 heavy (non-hydrogen) atoms. The van der Waals surface area contributed by atoms with Crippen LogP contribution in [0.25, 0.3) is 0 Å². The van der Waals surface area contributed by atoms with Gasteiger partial charge in [-0.05, 0) is 31.0 Å². The number of nitro groups is 1. The van der Waals surface area contributed by atoms with Crippen molar-refractivity contribution in [1.82, 2.24) is 0 Å². The zero-order valence-electron chi connectivity index (χ0n) is 12.3. The predicted octanol–water partition coefficient (Wildman–Crippen LogP) is 4.14. The van der Waals surface area contributed by atoms with Gasteiger partial charge in [0, 0.05) is 6.42 Å². The molecule has 0 aliphatic carbocycles. The maximum absolute atomic E-state index is 11.0. The Hall–Kier alpha value is -2.10. The number of hydrogen-bond donors (Lipinski definition) is 0. The zero-order chi connectivity index (χ0) is 15.0. The molecule has 0 radical (unpaired) electrons. The number of ether oxygens (including phenoxy) is 1. The molecule has 0 bridgehead atoms. The third-order valence-corrected chi connectivity index (χ3v) is 2.99. The van der Waals surface area contributed by atoms with E-state index in [1.54, 1.807) is 19.1 Å². The van der Waals surface area contributed by atoms with E-state index in [9.17, 15) is 10.1 Å². The van der Waals surface area contributed by atoms with Gasteiger partial charge in [0.05, 0.1) is 10.5 Å². The molecule has 0 unspecified atom stereocenters. The van der Waals surface area contributed by atoms with Crippen LogP contribution in [0.1, 0.15) is 32.8 Å². The Morgan fingerprint density at radius 3 is 2.70 bits per heavy atom. The summed E-state index contributed by atoms with van der Waals surface area (Å²) in [4.78, 5) is 10.7. The lowest BCUT2D eigenvalue weighted by atomic mass is 10.1. The van der Waals surface area contributed by atoms with Crippen molar-refractivity contribution in [3.63, 3.8) is 0 Å². The summed E-state index contributed by atoms with van der Waals surface area (Å²) in [5.41, 5.74) is 2.00. The molecule has 1 rings (SSSR count). The molecule has 108 valence electrons. The topological polar surface area (TPSA) is 52.4 Å². The van der Waals surface area contributed by atoms with E-state index in [-0.39, 0.29) is 17.2 Å². The smallest absolute Gasteiger partial charge is 0.252 e. The van der Waals surface area contributed by atoms with E-state index in [2.05, 4.69) is 6.92 Å². The fourth-order valence-electron chi connectivity index (χ4n) is 1.92. The minimum absolute atomic E-state index is 0.203. The highest BCUT2D eigenvalue weighted by Crippen LogP contribution is 2.17. The average molecular weight is 275 g/mol. The second-order valence-electron chi connectivity index (χ2n) is 4.37. The van der Waals surface area contributed by atoms with E-state index >= 15 is 0 Å². The molecule has 0 fully saturated rings. The maximum atomic E-state index is 11.0. The molecule has 4 heteroatoms. The van der Waals surface area contributed by atoms with Crippen molar-refractivity contribution in [1.29, 1.82) is 0 Å². The highest BCUT2D eigenvalue weighted by molar-refractivity contribution is 5.30. The predicted molar refractivity (Wildman–Crippen MR) is 80.4 cm³/mol. The van der Waals surface area contributed by atoms with Crippen LogP contribution in [0.2, 0.25) is 0 Å². The third kappa shape index (κ3) is 4.53. The lowest BCUT2D eigenvalue weighted by Gasteiger charge is -2.09. The number of hydrogen-bond acceptors (Lipinski definition) is 3. The van der Waals surface area contributed by atoms with Crippen LogP contribution >= 0.6 is 0 Å². The van der Waals surface area contributed by atoms with Crippen LogP contribution in [-0.4, -0.2) is 11.5 Å². The summed E-state index contributed by atoms with van der Waals surface area (Å²) >= 11 is 0. The Morgan fingerprint density at radius 2 is 2.15 bits per heavy atom. The van der Waals surface area contributed by atoms with Crippen LogP contribution in [0.4, 0.5) is 0 Å². The van der Waals surface area contributed by atoms with Gasteiger partial charge in [0.15, 0.2) is 0 Å². The van der Waals surface area contributed by atoms with Crippen molar-refractivity contribution in [2.75, 3.05) is 6.61 Å². The number of nitrogens with zero attached hydrogens (tertiary/aromatic N) is 1. The summed E-state index contributed by atoms with van der Waals surface area (Å²) in [7, 11) is 0. The molecule has 0 amide bonds. The van der Waals surface area contributed by atoms with Gasteiger partial charge in [0.1, 0.15) is 12.4 Å². The minimum atomic E-state index is -0.332. The second kappa shape index (κ2) is 8.15. The molecule has 1 aromatic rings. The highest BCUT2D eigenvalue weighted by atomic mass is 16.6. The van der Waals surface area contributed by atoms with Gasteiger partial charge in [-0.1, -0.05) is 38.1 Å². The Morgan fingerprint density at radius 1 is 1.40 bits per heavy atom. The van der Waals surface area contributed by atoms with Crippen molar-refractivity contribution in [2.24, 2.45) is 0 Å². The van der Waals surface area contributed by atoms with E-state index in [4.69, 9.17) is 4.74 Å². The van der Waals surface area contributed by atoms with Gasteiger partial charge in [0.25, 0.3) is 5.70 Å². The van der Waals surface area contributed by atoms with E-state index in [0.717, 1.165) is 12.2 Å². The summed E-state index contributed by atoms with van der Waals surface area (Å²) < 4.78 is 5.68. The van der Waals surface area contributed by atoms with Crippen LogP contribution < -0.4 is 4.74 Å². The molecule has 0 aromatic heterocycles. The summed E-state index contributed by atoms with van der Waals surface area (Å²) in [5, 5.41) is 11.0. The van der Waals surface area contributed by atoms with E-state index < -0.39 is 0 Å². The lowest BCUT2D eigenvalue weighted by molar-refractivity contribution is -0.428. The Kier molecular flexibility index (Phi) is 6.50. The second-order valence-corrected chi connectivity index (χ2v) is 4.37. The molecule has 0 saturated heterocycles. The van der Waals surface area contributed by atoms with E-state index in [0.29, 0.717) is 12.0 Å². The van der Waals surface area contributed by atoms with E-state index in [1.807, 2.05) is 31.2 Å². The van der Waals surface area contributed by atoms with Crippen molar-refractivity contribution in [2.45, 2.75) is 33.6 Å². The van der Waals surface area contributed by atoms with Gasteiger partial charge in [-0.15, -0.1) is 0 Å². The van der Waals surface area contributed by atoms with Gasteiger partial charge in [0.2, 0.25) is 0 Å². The Balaban J connectivity index is 2.89. The quantitative estimate of drug-likeness (QED) is 0.427. The molecule has 1 aromatic carbocycles. The number of allylic oxidation sites excluding steroid dienone is 2. The van der Waals surface area contributed by atoms with Gasteiger partial charge in [-0.25, -0.2) is 0 Å². The molecule has 0 heterocycles. The fourth-order valence-corrected chi connectivity index (χ4v) is 1.92. The van der Waals surface area contributed by atoms with Crippen molar-refractivity contribution in [3.8, 4) is 5.75 Å². The summed E-state index contributed by atoms with van der Waals surface area (Å²) in [6, 6.07) is 7.79. The SMILES string of the molecule is C/C=C\C(COc1cccc(CC)c1)=C(/CC)[N+](=O)[O-]. The minimum Gasteiger partial charge on any atom is -0.489 e. The van der Waals surface area contributed by atoms with Crippen LogP contribution in [0.5, 0.6) is 5.75 Å². The van der Waals surface area contributed by atoms with E-state index in [1.165, 1.54) is 5.56 Å². The summed E-state index contributed by atoms with van der Waals surface area (Å²) in [6.45, 7) is 5.90. The Bertz CT molecular complexity index is 518. The average Bonchev–Trinajstić information content (AvgIpc) is 2.45. The number of benzene rings is 1. The number of rotatable bonds is 7. The molecule has 0 N–H and O–H groups in total. The van der Waals surface area contributed by atoms with Crippen molar-refractivity contribution < 1.29 is 9.66 Å². The third-order valence-electron chi connectivity index (χ3n) is 2.99. The van der Waals surface area contributed by atoms with Gasteiger partial charge in [-0.2, -0.15) is 0 Å². The van der Waals surface area contributed by atoms with Gasteiger partial charge < -0.3 is 4.74 Å². The van der Waals surface area contributed by atoms with Crippen molar-refractivity contribution >= 4 is 0 Å². The fraction of sp³-hybridized carbons (Fsp3) is 0.375. The van der Waals surface area contributed by atoms with Crippen LogP contribution in [0.3, 0.4) is 0 Å². The van der Waals surface area contributed by atoms with Gasteiger partial charge >= 0.3 is 0 Å². The van der Waals surface area contributed by atoms with Crippen molar-refractivity contribution in [3.05, 3.63) is 63.4 Å². The normalized spacial score (nSPS) is 12.3. The molecule has 0 aliphatic rings. The first kappa shape index (κ1) is 16.0. The lowest BCUT2D eigenvalue weighted by Crippen LogP contribution is -2.08. The first-order valence-electron chi connectivity index (χ1n) is 6.83. The molecule has 4 nitrogen and oxygen atoms in total.